The second-order valence-electron chi connectivity index (χ2n) is 3.90. The van der Waals surface area contributed by atoms with E-state index in [0.717, 1.165) is 0 Å². The molecule has 1 atom stereocenters. The van der Waals surface area contributed by atoms with Gasteiger partial charge in [0.25, 0.3) is 0 Å². The fourth-order valence-electron chi connectivity index (χ4n) is 1.42. The van der Waals surface area contributed by atoms with Crippen LogP contribution in [0.15, 0.2) is 17.7 Å². The van der Waals surface area contributed by atoms with E-state index >= 15 is 0 Å². The van der Waals surface area contributed by atoms with E-state index in [1.165, 1.54) is 24.4 Å². The molecule has 0 spiro atoms. The van der Waals surface area contributed by atoms with Crippen LogP contribution in [-0.4, -0.2) is 36.3 Å². The average Bonchev–Trinajstić information content (AvgIpc) is 2.73. The van der Waals surface area contributed by atoms with Crippen molar-refractivity contribution in [3.8, 4) is 0 Å². The number of nitrogens with zero attached hydrogens (tertiary/aromatic N) is 3. The van der Waals surface area contributed by atoms with Crippen LogP contribution in [0.4, 0.5) is 0 Å². The van der Waals surface area contributed by atoms with Gasteiger partial charge >= 0.3 is 5.97 Å². The third-order valence-corrected chi connectivity index (χ3v) is 3.81. The Bertz CT molecular complexity index is 540. The van der Waals surface area contributed by atoms with E-state index in [0.29, 0.717) is 16.2 Å². The number of aliphatic carboxylic acids is 1. The molecule has 0 amide bonds. The molecule has 2 aromatic rings. The van der Waals surface area contributed by atoms with Crippen molar-refractivity contribution in [2.24, 2.45) is 5.92 Å². The Morgan fingerprint density at radius 2 is 2.18 bits per heavy atom. The number of hydrogen-bond donors (Lipinski definition) is 2. The summed E-state index contributed by atoms with van der Waals surface area (Å²) in [6.45, 7) is 3.74. The number of carbonyl (C=O) groups is 1. The third-order valence-electron chi connectivity index (χ3n) is 2.28. The predicted molar refractivity (Wildman–Crippen MR) is 63.8 cm³/mol. The minimum atomic E-state index is -0.837. The van der Waals surface area contributed by atoms with Gasteiger partial charge in [-0.2, -0.15) is 0 Å². The van der Waals surface area contributed by atoms with Crippen LogP contribution in [0.5, 0.6) is 0 Å². The van der Waals surface area contributed by atoms with Gasteiger partial charge in [-0.15, -0.1) is 0 Å². The number of nitrogens with one attached hydrogen (secondary N) is 1. The smallest absolute Gasteiger partial charge is 0.317 e. The number of imidazole rings is 1. The van der Waals surface area contributed by atoms with E-state index in [-0.39, 0.29) is 5.92 Å². The highest BCUT2D eigenvalue weighted by Gasteiger charge is 2.24. The molecule has 2 rings (SSSR count). The Balaban J connectivity index is 2.34. The van der Waals surface area contributed by atoms with Crippen LogP contribution < -0.4 is 0 Å². The fourth-order valence-corrected chi connectivity index (χ4v) is 2.41. The van der Waals surface area contributed by atoms with Gasteiger partial charge in [0.1, 0.15) is 22.1 Å². The van der Waals surface area contributed by atoms with Gasteiger partial charge in [-0.3, -0.25) is 4.79 Å². The Morgan fingerprint density at radius 3 is 2.82 bits per heavy atom. The molecule has 0 fully saturated rings. The zero-order chi connectivity index (χ0) is 12.4. The van der Waals surface area contributed by atoms with Gasteiger partial charge in [0.15, 0.2) is 5.65 Å². The molecule has 2 aromatic heterocycles. The van der Waals surface area contributed by atoms with Gasteiger partial charge in [0.2, 0.25) is 0 Å². The van der Waals surface area contributed by atoms with Crippen molar-refractivity contribution in [1.82, 2.24) is 19.9 Å². The van der Waals surface area contributed by atoms with Crippen molar-refractivity contribution in [2.45, 2.75) is 24.1 Å². The number of thioether (sulfide) groups is 1. The minimum Gasteiger partial charge on any atom is -0.480 e. The molecule has 0 aromatic carbocycles. The van der Waals surface area contributed by atoms with E-state index in [1.807, 2.05) is 13.8 Å². The zero-order valence-corrected chi connectivity index (χ0v) is 10.2. The summed E-state index contributed by atoms with van der Waals surface area (Å²) in [6, 6.07) is 0. The first-order valence-corrected chi connectivity index (χ1v) is 6.01. The first-order chi connectivity index (χ1) is 8.09. The van der Waals surface area contributed by atoms with Crippen LogP contribution in [0.3, 0.4) is 0 Å². The fraction of sp³-hybridized carbons (Fsp3) is 0.400. The lowest BCUT2D eigenvalue weighted by Gasteiger charge is -2.14. The molecule has 0 aliphatic heterocycles. The Labute approximate surface area is 102 Å². The summed E-state index contributed by atoms with van der Waals surface area (Å²) < 4.78 is 0. The lowest BCUT2D eigenvalue weighted by atomic mass is 10.1. The van der Waals surface area contributed by atoms with Crippen molar-refractivity contribution >= 4 is 28.9 Å². The molecule has 0 aliphatic rings. The van der Waals surface area contributed by atoms with Crippen LogP contribution in [0.1, 0.15) is 13.8 Å². The molecule has 0 radical (unpaired) electrons. The van der Waals surface area contributed by atoms with Crippen molar-refractivity contribution in [2.75, 3.05) is 0 Å². The summed E-state index contributed by atoms with van der Waals surface area (Å²) in [4.78, 5) is 26.1. The van der Waals surface area contributed by atoms with Crippen LogP contribution in [-0.2, 0) is 4.79 Å². The average molecular weight is 252 g/mol. The standard InChI is InChI=1S/C10H12N4O2S/c1-5(2)7(10(15)16)17-9-6-8(12-3-11-6)13-4-14-9/h3-5,7H,1-2H3,(H,15,16)(H,11,12,13,14). The second-order valence-corrected chi connectivity index (χ2v) is 5.03. The van der Waals surface area contributed by atoms with E-state index < -0.39 is 11.2 Å². The van der Waals surface area contributed by atoms with E-state index in [2.05, 4.69) is 19.9 Å². The van der Waals surface area contributed by atoms with Gasteiger partial charge in [-0.05, 0) is 5.92 Å². The number of hydrogen-bond acceptors (Lipinski definition) is 5. The highest BCUT2D eigenvalue weighted by atomic mass is 32.2. The number of carboxylic acid groups (broad SMARTS) is 1. The van der Waals surface area contributed by atoms with Crippen molar-refractivity contribution in [1.29, 1.82) is 0 Å². The summed E-state index contributed by atoms with van der Waals surface area (Å²) in [7, 11) is 0. The topological polar surface area (TPSA) is 91.8 Å². The largest absolute Gasteiger partial charge is 0.480 e. The number of fused-ring (bicyclic) bond motifs is 1. The minimum absolute atomic E-state index is 0.0189. The number of aromatic amines is 1. The Kier molecular flexibility index (Phi) is 3.28. The predicted octanol–water partition coefficient (Wildman–Crippen LogP) is 1.55. The molecular weight excluding hydrogens is 240 g/mol. The Morgan fingerprint density at radius 1 is 1.41 bits per heavy atom. The molecule has 6 nitrogen and oxygen atoms in total. The highest BCUT2D eigenvalue weighted by Crippen LogP contribution is 2.30. The first-order valence-electron chi connectivity index (χ1n) is 5.13. The molecular formula is C10H12N4O2S. The second kappa shape index (κ2) is 4.70. The van der Waals surface area contributed by atoms with Gasteiger partial charge in [-0.25, -0.2) is 15.0 Å². The number of aromatic nitrogens is 4. The quantitative estimate of drug-likeness (QED) is 0.633. The van der Waals surface area contributed by atoms with E-state index in [1.54, 1.807) is 0 Å². The van der Waals surface area contributed by atoms with Gasteiger partial charge in [-0.1, -0.05) is 25.6 Å². The summed E-state index contributed by atoms with van der Waals surface area (Å²) in [5.74, 6) is -0.818. The van der Waals surface area contributed by atoms with Crippen LogP contribution in [0.2, 0.25) is 0 Å². The van der Waals surface area contributed by atoms with Gasteiger partial charge in [0.05, 0.1) is 6.33 Å². The molecule has 0 bridgehead atoms. The Hall–Kier alpha value is -1.63. The molecule has 2 heterocycles. The first kappa shape index (κ1) is 11.8. The summed E-state index contributed by atoms with van der Waals surface area (Å²) in [5, 5.41) is 9.23. The van der Waals surface area contributed by atoms with Crippen molar-refractivity contribution in [3.63, 3.8) is 0 Å². The number of carboxylic acids is 1. The summed E-state index contributed by atoms with van der Waals surface area (Å²) >= 11 is 1.22. The maximum Gasteiger partial charge on any atom is 0.317 e. The van der Waals surface area contributed by atoms with Gasteiger partial charge in [0, 0.05) is 0 Å². The molecule has 17 heavy (non-hydrogen) atoms. The van der Waals surface area contributed by atoms with E-state index in [4.69, 9.17) is 5.11 Å². The molecule has 0 saturated carbocycles. The van der Waals surface area contributed by atoms with Crippen molar-refractivity contribution in [3.05, 3.63) is 12.7 Å². The highest BCUT2D eigenvalue weighted by molar-refractivity contribution is 8.00. The lowest BCUT2D eigenvalue weighted by Crippen LogP contribution is -2.22. The summed E-state index contributed by atoms with van der Waals surface area (Å²) in [6.07, 6.45) is 2.92. The monoisotopic (exact) mass is 252 g/mol. The van der Waals surface area contributed by atoms with E-state index in [9.17, 15) is 4.79 Å². The maximum absolute atomic E-state index is 11.1. The summed E-state index contributed by atoms with van der Waals surface area (Å²) in [5.41, 5.74) is 1.24. The van der Waals surface area contributed by atoms with Crippen LogP contribution in [0, 0.1) is 5.92 Å². The lowest BCUT2D eigenvalue weighted by molar-refractivity contribution is -0.137. The van der Waals surface area contributed by atoms with Crippen LogP contribution in [0.25, 0.3) is 11.2 Å². The molecule has 1 unspecified atom stereocenters. The molecule has 0 aliphatic carbocycles. The molecule has 90 valence electrons. The third kappa shape index (κ3) is 2.38. The number of rotatable bonds is 4. The van der Waals surface area contributed by atoms with Gasteiger partial charge < -0.3 is 10.1 Å². The zero-order valence-electron chi connectivity index (χ0n) is 9.41. The molecule has 2 N–H and O–H groups in total. The van der Waals surface area contributed by atoms with Crippen molar-refractivity contribution < 1.29 is 9.90 Å². The molecule has 0 saturated heterocycles. The maximum atomic E-state index is 11.1. The normalized spacial score (nSPS) is 13.1. The SMILES string of the molecule is CC(C)C(Sc1ncnc2nc[nH]c12)C(=O)O. The van der Waals surface area contributed by atoms with Crippen LogP contribution >= 0.6 is 11.8 Å². The molecule has 7 heteroatoms. The number of H-pyrrole nitrogens is 1.